The highest BCUT2D eigenvalue weighted by atomic mass is 79.9. The zero-order chi connectivity index (χ0) is 16.7. The molecule has 5 nitrogen and oxygen atoms in total. The molecular formula is C16H16BrN3O2S. The summed E-state index contributed by atoms with van der Waals surface area (Å²) in [5, 5.41) is 1.47. The topological polar surface area (TPSA) is 53.5 Å². The standard InChI is InChI=1S/C16H16BrN3O2S/c1-9-15(23-11(3)18-9)20-14(21)8-19(16(20)22)10(2)12-5-4-6-13(17)7-12/h4-7,10H,8H2,1-3H3/t10-/m0/s1. The van der Waals surface area contributed by atoms with E-state index in [1.54, 1.807) is 4.90 Å². The average molecular weight is 394 g/mol. The third-order valence-electron chi connectivity index (χ3n) is 3.87. The first-order valence-corrected chi connectivity index (χ1v) is 8.82. The fourth-order valence-electron chi connectivity index (χ4n) is 2.70. The molecule has 7 heteroatoms. The van der Waals surface area contributed by atoms with Crippen molar-refractivity contribution in [3.05, 3.63) is 45.0 Å². The molecule has 0 spiro atoms. The number of hydrogen-bond acceptors (Lipinski definition) is 4. The van der Waals surface area contributed by atoms with Gasteiger partial charge in [-0.1, -0.05) is 28.1 Å². The molecule has 0 unspecified atom stereocenters. The smallest absolute Gasteiger partial charge is 0.308 e. The van der Waals surface area contributed by atoms with Gasteiger partial charge in [0, 0.05) is 4.47 Å². The van der Waals surface area contributed by atoms with Gasteiger partial charge in [-0.15, -0.1) is 11.3 Å². The van der Waals surface area contributed by atoms with E-state index in [0.29, 0.717) is 10.7 Å². The molecule has 1 fully saturated rings. The number of imide groups is 1. The number of hydrogen-bond donors (Lipinski definition) is 0. The number of urea groups is 1. The number of carbonyl (C=O) groups excluding carboxylic acids is 2. The number of amides is 3. The molecule has 1 saturated heterocycles. The molecule has 2 aromatic rings. The molecule has 1 aliphatic rings. The fourth-order valence-corrected chi connectivity index (χ4v) is 4.04. The minimum atomic E-state index is -0.283. The fraction of sp³-hybridized carbons (Fsp3) is 0.312. The van der Waals surface area contributed by atoms with Crippen molar-refractivity contribution in [2.75, 3.05) is 11.4 Å². The van der Waals surface area contributed by atoms with Gasteiger partial charge in [0.2, 0.25) is 0 Å². The van der Waals surface area contributed by atoms with E-state index in [9.17, 15) is 9.59 Å². The van der Waals surface area contributed by atoms with Crippen molar-refractivity contribution in [2.45, 2.75) is 26.8 Å². The first kappa shape index (κ1) is 16.1. The van der Waals surface area contributed by atoms with Crippen LogP contribution in [0.15, 0.2) is 28.7 Å². The summed E-state index contributed by atoms with van der Waals surface area (Å²) in [5.74, 6) is -0.205. The molecule has 1 atom stereocenters. The molecule has 23 heavy (non-hydrogen) atoms. The van der Waals surface area contributed by atoms with Crippen molar-refractivity contribution in [3.63, 3.8) is 0 Å². The molecule has 0 aliphatic carbocycles. The number of aryl methyl sites for hydroxylation is 2. The van der Waals surface area contributed by atoms with E-state index in [0.717, 1.165) is 15.0 Å². The lowest BCUT2D eigenvalue weighted by atomic mass is 10.1. The number of aromatic nitrogens is 1. The number of carbonyl (C=O) groups is 2. The Bertz CT molecular complexity index is 789. The van der Waals surface area contributed by atoms with Gasteiger partial charge >= 0.3 is 6.03 Å². The number of rotatable bonds is 3. The molecule has 3 rings (SSSR count). The zero-order valence-electron chi connectivity index (χ0n) is 13.0. The van der Waals surface area contributed by atoms with Crippen LogP contribution in [0.3, 0.4) is 0 Å². The van der Waals surface area contributed by atoms with Crippen LogP contribution >= 0.6 is 27.3 Å². The summed E-state index contributed by atoms with van der Waals surface area (Å²) >= 11 is 4.81. The lowest BCUT2D eigenvalue weighted by Gasteiger charge is -2.24. The molecule has 0 saturated carbocycles. The van der Waals surface area contributed by atoms with Crippen LogP contribution in [0.5, 0.6) is 0 Å². The highest BCUT2D eigenvalue weighted by molar-refractivity contribution is 9.10. The van der Waals surface area contributed by atoms with Crippen molar-refractivity contribution in [2.24, 2.45) is 0 Å². The number of benzene rings is 1. The van der Waals surface area contributed by atoms with Crippen molar-refractivity contribution >= 4 is 44.2 Å². The van der Waals surface area contributed by atoms with Crippen LogP contribution in [-0.4, -0.2) is 28.4 Å². The number of thiazole rings is 1. The van der Waals surface area contributed by atoms with Crippen molar-refractivity contribution in [1.82, 2.24) is 9.88 Å². The normalized spacial score (nSPS) is 16.3. The average Bonchev–Trinajstić information content (AvgIpc) is 2.97. The highest BCUT2D eigenvalue weighted by Gasteiger charge is 2.41. The maximum atomic E-state index is 12.8. The predicted molar refractivity (Wildman–Crippen MR) is 93.7 cm³/mol. The van der Waals surface area contributed by atoms with Crippen LogP contribution in [0.2, 0.25) is 0 Å². The Morgan fingerprint density at radius 2 is 2.04 bits per heavy atom. The lowest BCUT2D eigenvalue weighted by Crippen LogP contribution is -2.34. The van der Waals surface area contributed by atoms with Gasteiger partial charge in [0.25, 0.3) is 5.91 Å². The molecule has 1 aromatic carbocycles. The van der Waals surface area contributed by atoms with Crippen molar-refractivity contribution in [1.29, 1.82) is 0 Å². The Labute approximate surface area is 147 Å². The second-order valence-corrected chi connectivity index (χ2v) is 7.59. The van der Waals surface area contributed by atoms with Crippen molar-refractivity contribution in [3.8, 4) is 0 Å². The SMILES string of the molecule is Cc1nc(C)c(N2C(=O)CN([C@@H](C)c3cccc(Br)c3)C2=O)s1. The third kappa shape index (κ3) is 2.90. The van der Waals surface area contributed by atoms with Gasteiger partial charge in [0.1, 0.15) is 11.5 Å². The van der Waals surface area contributed by atoms with E-state index in [1.165, 1.54) is 16.2 Å². The van der Waals surface area contributed by atoms with Crippen LogP contribution in [0.25, 0.3) is 0 Å². The molecule has 1 aliphatic heterocycles. The summed E-state index contributed by atoms with van der Waals surface area (Å²) in [6, 6.07) is 7.32. The van der Waals surface area contributed by atoms with Gasteiger partial charge < -0.3 is 4.90 Å². The van der Waals surface area contributed by atoms with Gasteiger partial charge in [-0.25, -0.2) is 14.7 Å². The minimum absolute atomic E-state index is 0.0862. The molecular weight excluding hydrogens is 378 g/mol. The maximum absolute atomic E-state index is 12.8. The van der Waals surface area contributed by atoms with Gasteiger partial charge in [-0.3, -0.25) is 4.79 Å². The van der Waals surface area contributed by atoms with E-state index in [2.05, 4.69) is 20.9 Å². The monoisotopic (exact) mass is 393 g/mol. The number of anilines is 1. The number of halogens is 1. The quantitative estimate of drug-likeness (QED) is 0.738. The second kappa shape index (κ2) is 6.05. The van der Waals surface area contributed by atoms with E-state index < -0.39 is 0 Å². The maximum Gasteiger partial charge on any atom is 0.333 e. The Balaban J connectivity index is 1.91. The van der Waals surface area contributed by atoms with Crippen LogP contribution in [-0.2, 0) is 4.79 Å². The van der Waals surface area contributed by atoms with Gasteiger partial charge in [0.15, 0.2) is 0 Å². The van der Waals surface area contributed by atoms with E-state index >= 15 is 0 Å². The molecule has 120 valence electrons. The predicted octanol–water partition coefficient (Wildman–Crippen LogP) is 4.05. The van der Waals surface area contributed by atoms with Crippen LogP contribution in [0.4, 0.5) is 9.80 Å². The summed E-state index contributed by atoms with van der Waals surface area (Å²) in [7, 11) is 0. The summed E-state index contributed by atoms with van der Waals surface area (Å²) < 4.78 is 0.950. The van der Waals surface area contributed by atoms with Gasteiger partial charge in [-0.2, -0.15) is 0 Å². The van der Waals surface area contributed by atoms with Gasteiger partial charge in [-0.05, 0) is 38.5 Å². The van der Waals surface area contributed by atoms with Crippen molar-refractivity contribution < 1.29 is 9.59 Å². The molecule has 0 N–H and O–H groups in total. The van der Waals surface area contributed by atoms with Gasteiger partial charge in [0.05, 0.1) is 16.7 Å². The van der Waals surface area contributed by atoms with Crippen LogP contribution in [0, 0.1) is 13.8 Å². The Kier molecular flexibility index (Phi) is 4.25. The molecule has 1 aromatic heterocycles. The first-order valence-electron chi connectivity index (χ1n) is 7.21. The van der Waals surface area contributed by atoms with E-state index in [1.807, 2.05) is 45.0 Å². The van der Waals surface area contributed by atoms with Crippen LogP contribution in [0.1, 0.15) is 29.2 Å². The number of nitrogens with zero attached hydrogens (tertiary/aromatic N) is 3. The molecule has 3 amide bonds. The van der Waals surface area contributed by atoms with E-state index in [-0.39, 0.29) is 24.5 Å². The van der Waals surface area contributed by atoms with E-state index in [4.69, 9.17) is 0 Å². The molecule has 2 heterocycles. The highest BCUT2D eigenvalue weighted by Crippen LogP contribution is 2.34. The molecule has 0 bridgehead atoms. The summed E-state index contributed by atoms with van der Waals surface area (Å²) in [4.78, 5) is 32.3. The largest absolute Gasteiger partial charge is 0.333 e. The Morgan fingerprint density at radius 3 is 2.65 bits per heavy atom. The minimum Gasteiger partial charge on any atom is -0.308 e. The first-order chi connectivity index (χ1) is 10.9. The lowest BCUT2D eigenvalue weighted by molar-refractivity contribution is -0.116. The Hall–Kier alpha value is -1.73. The second-order valence-electron chi connectivity index (χ2n) is 5.49. The zero-order valence-corrected chi connectivity index (χ0v) is 15.4. The third-order valence-corrected chi connectivity index (χ3v) is 5.42. The summed E-state index contributed by atoms with van der Waals surface area (Å²) in [5.41, 5.74) is 1.70. The van der Waals surface area contributed by atoms with Crippen LogP contribution < -0.4 is 4.90 Å². The molecule has 0 radical (unpaired) electrons. The Morgan fingerprint density at radius 1 is 1.30 bits per heavy atom. The summed E-state index contributed by atoms with van der Waals surface area (Å²) in [6.45, 7) is 5.71. The summed E-state index contributed by atoms with van der Waals surface area (Å²) in [6.07, 6.45) is 0.